The Labute approximate surface area is 265 Å². The lowest BCUT2D eigenvalue weighted by atomic mass is 9.90. The van der Waals surface area contributed by atoms with Crippen molar-refractivity contribution in [1.82, 2.24) is 4.98 Å². The Bertz CT molecular complexity index is 2540. The van der Waals surface area contributed by atoms with Crippen LogP contribution in [0.25, 0.3) is 86.5 Å². The number of rotatable bonds is 4. The lowest BCUT2D eigenvalue weighted by molar-refractivity contribution is 1.47. The quantitative estimate of drug-likeness (QED) is 0.186. The lowest BCUT2D eigenvalue weighted by Gasteiger charge is -2.14. The molecule has 0 aliphatic heterocycles. The molecule has 0 aliphatic rings. The molecule has 9 aromatic rings. The highest BCUT2D eigenvalue weighted by molar-refractivity contribution is 7.21. The van der Waals surface area contributed by atoms with E-state index in [1.54, 1.807) is 11.3 Å². The normalized spacial score (nSPS) is 11.6. The van der Waals surface area contributed by atoms with Gasteiger partial charge in [-0.3, -0.25) is 0 Å². The molecule has 1 nitrogen and oxygen atoms in total. The van der Waals surface area contributed by atoms with Gasteiger partial charge in [0.15, 0.2) is 0 Å². The molecule has 0 spiro atoms. The topological polar surface area (TPSA) is 12.9 Å². The summed E-state index contributed by atoms with van der Waals surface area (Å²) in [7, 11) is 0. The first-order valence-corrected chi connectivity index (χ1v) is 16.1. The predicted molar refractivity (Wildman–Crippen MR) is 194 cm³/mol. The van der Waals surface area contributed by atoms with Gasteiger partial charge in [-0.1, -0.05) is 140 Å². The molecule has 0 atom stereocenters. The molecule has 9 rings (SSSR count). The summed E-state index contributed by atoms with van der Waals surface area (Å²) in [6.45, 7) is 0. The zero-order valence-electron chi connectivity index (χ0n) is 24.4. The second-order valence-corrected chi connectivity index (χ2v) is 12.6. The van der Waals surface area contributed by atoms with E-state index in [1.165, 1.54) is 70.4 Å². The van der Waals surface area contributed by atoms with Gasteiger partial charge in [-0.15, -0.1) is 11.3 Å². The molecular formula is C43H27NS. The number of benzene rings is 8. The van der Waals surface area contributed by atoms with Gasteiger partial charge in [0.1, 0.15) is 5.01 Å². The van der Waals surface area contributed by atoms with Crippen LogP contribution in [0.1, 0.15) is 0 Å². The molecule has 0 saturated carbocycles. The van der Waals surface area contributed by atoms with Crippen molar-refractivity contribution in [3.05, 3.63) is 164 Å². The highest BCUT2D eigenvalue weighted by Gasteiger charge is 2.13. The minimum atomic E-state index is 1.04. The SMILES string of the molecule is c1ccc(-c2nc3cc(-c4cccc(-c5ccc(-c6ccc7ccc8ccccc8c7c6)c6ccccc56)c4)ccc3s2)cc1. The molecule has 0 N–H and O–H groups in total. The fourth-order valence-corrected chi connectivity index (χ4v) is 7.60. The van der Waals surface area contributed by atoms with E-state index in [9.17, 15) is 0 Å². The average molecular weight is 590 g/mol. The summed E-state index contributed by atoms with van der Waals surface area (Å²) in [5.74, 6) is 0. The van der Waals surface area contributed by atoms with E-state index in [0.29, 0.717) is 0 Å². The van der Waals surface area contributed by atoms with Crippen molar-refractivity contribution in [1.29, 1.82) is 0 Å². The number of hydrogen-bond acceptors (Lipinski definition) is 2. The number of aromatic nitrogens is 1. The van der Waals surface area contributed by atoms with Gasteiger partial charge in [-0.05, 0) is 90.0 Å². The van der Waals surface area contributed by atoms with Gasteiger partial charge >= 0.3 is 0 Å². The summed E-state index contributed by atoms with van der Waals surface area (Å²) in [5.41, 5.74) is 9.52. The fourth-order valence-electron chi connectivity index (χ4n) is 6.65. The van der Waals surface area contributed by atoms with Crippen LogP contribution in [0, 0.1) is 0 Å². The second-order valence-electron chi connectivity index (χ2n) is 11.6. The number of thiazole rings is 1. The van der Waals surface area contributed by atoms with Crippen LogP contribution in [-0.2, 0) is 0 Å². The van der Waals surface area contributed by atoms with E-state index in [1.807, 2.05) is 6.07 Å². The lowest BCUT2D eigenvalue weighted by Crippen LogP contribution is -1.88. The predicted octanol–water partition coefficient (Wildman–Crippen LogP) is 12.4. The average Bonchev–Trinajstić information content (AvgIpc) is 3.55. The van der Waals surface area contributed by atoms with E-state index in [0.717, 1.165) is 16.1 Å². The Kier molecular flexibility index (Phi) is 6.07. The van der Waals surface area contributed by atoms with Crippen LogP contribution in [0.2, 0.25) is 0 Å². The molecule has 0 radical (unpaired) electrons. The molecule has 210 valence electrons. The molecule has 0 aliphatic carbocycles. The van der Waals surface area contributed by atoms with Crippen molar-refractivity contribution in [2.75, 3.05) is 0 Å². The number of hydrogen-bond donors (Lipinski definition) is 0. The van der Waals surface area contributed by atoms with Gasteiger partial charge in [0, 0.05) is 5.56 Å². The first kappa shape index (κ1) is 25.9. The third-order valence-electron chi connectivity index (χ3n) is 8.90. The minimum absolute atomic E-state index is 1.04. The van der Waals surface area contributed by atoms with Crippen LogP contribution >= 0.6 is 11.3 Å². The monoisotopic (exact) mass is 589 g/mol. The molecule has 8 aromatic carbocycles. The van der Waals surface area contributed by atoms with Crippen molar-refractivity contribution >= 4 is 53.9 Å². The highest BCUT2D eigenvalue weighted by atomic mass is 32.1. The van der Waals surface area contributed by atoms with Gasteiger partial charge in [0.05, 0.1) is 10.2 Å². The van der Waals surface area contributed by atoms with Gasteiger partial charge in [0.25, 0.3) is 0 Å². The van der Waals surface area contributed by atoms with Gasteiger partial charge in [-0.2, -0.15) is 0 Å². The van der Waals surface area contributed by atoms with Crippen molar-refractivity contribution in [2.45, 2.75) is 0 Å². The van der Waals surface area contributed by atoms with Crippen LogP contribution in [0.4, 0.5) is 0 Å². The number of nitrogens with zero attached hydrogens (tertiary/aromatic N) is 1. The molecule has 0 unspecified atom stereocenters. The standard InChI is InChI=1S/C43H27NS/c1-2-10-30(11-3-1)43-44-41-27-32(21-24-42(41)45-43)31-12-8-13-33(25-31)36-22-23-37(39-16-7-6-15-38(36)39)34-20-19-29-18-17-28-9-4-5-14-35(28)40(29)26-34/h1-27H. The third kappa shape index (κ3) is 4.50. The first-order valence-electron chi connectivity index (χ1n) is 15.3. The van der Waals surface area contributed by atoms with Crippen molar-refractivity contribution in [2.24, 2.45) is 0 Å². The van der Waals surface area contributed by atoms with E-state index in [4.69, 9.17) is 4.98 Å². The summed E-state index contributed by atoms with van der Waals surface area (Å²) >= 11 is 1.74. The summed E-state index contributed by atoms with van der Waals surface area (Å²) < 4.78 is 1.21. The Balaban J connectivity index is 1.13. The van der Waals surface area contributed by atoms with Crippen LogP contribution in [0.3, 0.4) is 0 Å². The molecule has 1 aromatic heterocycles. The Morgan fingerprint density at radius 2 is 0.933 bits per heavy atom. The first-order chi connectivity index (χ1) is 22.3. The Hall–Kier alpha value is -5.57. The van der Waals surface area contributed by atoms with Crippen molar-refractivity contribution < 1.29 is 0 Å². The Morgan fingerprint density at radius 3 is 1.73 bits per heavy atom. The largest absolute Gasteiger partial charge is 0.236 e. The third-order valence-corrected chi connectivity index (χ3v) is 9.98. The maximum atomic E-state index is 4.98. The molecule has 1 heterocycles. The second kappa shape index (κ2) is 10.6. The molecular weight excluding hydrogens is 563 g/mol. The molecule has 0 amide bonds. The van der Waals surface area contributed by atoms with Crippen molar-refractivity contribution in [3.8, 4) is 44.0 Å². The van der Waals surface area contributed by atoms with E-state index in [-0.39, 0.29) is 0 Å². The zero-order chi connectivity index (χ0) is 29.7. The fraction of sp³-hybridized carbons (Fsp3) is 0. The van der Waals surface area contributed by atoms with Crippen LogP contribution < -0.4 is 0 Å². The van der Waals surface area contributed by atoms with E-state index < -0.39 is 0 Å². The maximum Gasteiger partial charge on any atom is 0.124 e. The van der Waals surface area contributed by atoms with Gasteiger partial charge in [-0.25, -0.2) is 4.98 Å². The maximum absolute atomic E-state index is 4.98. The highest BCUT2D eigenvalue weighted by Crippen LogP contribution is 2.39. The smallest absolute Gasteiger partial charge is 0.124 e. The summed E-state index contributed by atoms with van der Waals surface area (Å²) in [5, 5.41) is 8.70. The van der Waals surface area contributed by atoms with Crippen LogP contribution in [-0.4, -0.2) is 4.98 Å². The summed E-state index contributed by atoms with van der Waals surface area (Å²) in [4.78, 5) is 4.98. The molecule has 2 heteroatoms. The van der Waals surface area contributed by atoms with Crippen LogP contribution in [0.15, 0.2) is 164 Å². The molecule has 45 heavy (non-hydrogen) atoms. The number of fused-ring (bicyclic) bond motifs is 5. The van der Waals surface area contributed by atoms with E-state index >= 15 is 0 Å². The van der Waals surface area contributed by atoms with Crippen molar-refractivity contribution in [3.63, 3.8) is 0 Å². The van der Waals surface area contributed by atoms with E-state index in [2.05, 4.69) is 158 Å². The molecule has 0 bridgehead atoms. The zero-order valence-corrected chi connectivity index (χ0v) is 25.3. The van der Waals surface area contributed by atoms with Gasteiger partial charge < -0.3 is 0 Å². The minimum Gasteiger partial charge on any atom is -0.236 e. The summed E-state index contributed by atoms with van der Waals surface area (Å²) in [6.07, 6.45) is 0. The summed E-state index contributed by atoms with van der Waals surface area (Å²) in [6, 6.07) is 59.4. The van der Waals surface area contributed by atoms with Gasteiger partial charge in [0.2, 0.25) is 0 Å². The Morgan fingerprint density at radius 1 is 0.356 bits per heavy atom. The molecule has 0 fully saturated rings. The van der Waals surface area contributed by atoms with Crippen LogP contribution in [0.5, 0.6) is 0 Å². The molecule has 0 saturated heterocycles.